The second kappa shape index (κ2) is 6.20. The molecule has 1 heteroatoms. The molecule has 0 aliphatic heterocycles. The summed E-state index contributed by atoms with van der Waals surface area (Å²) in [6.07, 6.45) is 2.31. The Morgan fingerprint density at radius 2 is 1.84 bits per heavy atom. The molecule has 1 unspecified atom stereocenters. The molecule has 1 atom stereocenters. The third-order valence-electron chi connectivity index (χ3n) is 3.52. The van der Waals surface area contributed by atoms with Crippen LogP contribution >= 0.6 is 0 Å². The summed E-state index contributed by atoms with van der Waals surface area (Å²) in [5.74, 6) is 0.480. The Balaban J connectivity index is 2.51. The number of benzene rings is 2. The lowest BCUT2D eigenvalue weighted by Gasteiger charge is -2.16. The van der Waals surface area contributed by atoms with Crippen LogP contribution in [-0.2, 0) is 0 Å². The topological polar surface area (TPSA) is 23.8 Å². The predicted molar refractivity (Wildman–Crippen MR) is 79.9 cm³/mol. The second-order valence-corrected chi connectivity index (χ2v) is 4.97. The van der Waals surface area contributed by atoms with E-state index in [-0.39, 0.29) is 0 Å². The van der Waals surface area contributed by atoms with Gasteiger partial charge in [-0.1, -0.05) is 56.7 Å². The van der Waals surface area contributed by atoms with E-state index in [1.165, 1.54) is 16.7 Å². The summed E-state index contributed by atoms with van der Waals surface area (Å²) in [4.78, 5) is 0. The van der Waals surface area contributed by atoms with E-state index in [9.17, 15) is 0 Å². The van der Waals surface area contributed by atoms with Crippen LogP contribution in [0.25, 0.3) is 11.1 Å². The van der Waals surface area contributed by atoms with E-state index < -0.39 is 0 Å². The Labute approximate surface area is 115 Å². The minimum Gasteiger partial charge on any atom is -0.192 e. The van der Waals surface area contributed by atoms with Crippen molar-refractivity contribution in [2.24, 2.45) is 0 Å². The first-order chi connectivity index (χ1) is 9.26. The fourth-order valence-electron chi connectivity index (χ4n) is 2.51. The maximum atomic E-state index is 9.09. The zero-order valence-electron chi connectivity index (χ0n) is 11.6. The molecule has 0 amide bonds. The lowest BCUT2D eigenvalue weighted by Crippen LogP contribution is -1.97. The molecule has 19 heavy (non-hydrogen) atoms. The van der Waals surface area contributed by atoms with Gasteiger partial charge in [0.15, 0.2) is 0 Å². The van der Waals surface area contributed by atoms with Crippen LogP contribution in [0.5, 0.6) is 0 Å². The summed E-state index contributed by atoms with van der Waals surface area (Å²) in [5.41, 5.74) is 4.51. The van der Waals surface area contributed by atoms with Gasteiger partial charge in [0, 0.05) is 0 Å². The van der Waals surface area contributed by atoms with E-state index in [0.29, 0.717) is 5.92 Å². The molecule has 0 aromatic heterocycles. The van der Waals surface area contributed by atoms with Crippen LogP contribution in [0.15, 0.2) is 48.5 Å². The van der Waals surface area contributed by atoms with Crippen LogP contribution in [0, 0.1) is 11.3 Å². The van der Waals surface area contributed by atoms with E-state index >= 15 is 0 Å². The molecule has 0 heterocycles. The van der Waals surface area contributed by atoms with E-state index in [0.717, 1.165) is 18.4 Å². The minimum absolute atomic E-state index is 0.480. The molecule has 0 N–H and O–H groups in total. The molecule has 2 aromatic rings. The van der Waals surface area contributed by atoms with Crippen LogP contribution in [0.2, 0.25) is 0 Å². The average Bonchev–Trinajstić information content (AvgIpc) is 2.47. The van der Waals surface area contributed by atoms with Gasteiger partial charge in [-0.3, -0.25) is 0 Å². The molecule has 96 valence electrons. The molecule has 1 nitrogen and oxygen atoms in total. The normalized spacial score (nSPS) is 11.8. The molecule has 0 aliphatic carbocycles. The molecule has 0 aliphatic rings. The quantitative estimate of drug-likeness (QED) is 0.737. The number of hydrogen-bond donors (Lipinski definition) is 0. The largest absolute Gasteiger partial charge is 0.192 e. The van der Waals surface area contributed by atoms with Crippen LogP contribution in [0.3, 0.4) is 0 Å². The van der Waals surface area contributed by atoms with Gasteiger partial charge in [-0.2, -0.15) is 5.26 Å². The van der Waals surface area contributed by atoms with Crippen molar-refractivity contribution in [3.8, 4) is 17.2 Å². The maximum absolute atomic E-state index is 9.09. The van der Waals surface area contributed by atoms with Crippen molar-refractivity contribution in [1.29, 1.82) is 5.26 Å². The Morgan fingerprint density at radius 1 is 1.11 bits per heavy atom. The smallest absolute Gasteiger partial charge is 0.0991 e. The average molecular weight is 249 g/mol. The first-order valence-electron chi connectivity index (χ1n) is 6.85. The molecule has 2 aromatic carbocycles. The third kappa shape index (κ3) is 3.03. The Bertz CT molecular complexity index is 578. The molecule has 0 bridgehead atoms. The highest BCUT2D eigenvalue weighted by Gasteiger charge is 2.12. The van der Waals surface area contributed by atoms with E-state index in [1.54, 1.807) is 0 Å². The third-order valence-corrected chi connectivity index (χ3v) is 3.52. The zero-order chi connectivity index (χ0) is 13.7. The van der Waals surface area contributed by atoms with Crippen LogP contribution in [0.1, 0.15) is 43.7 Å². The molecule has 0 saturated heterocycles. The molecular weight excluding hydrogens is 230 g/mol. The Hall–Kier alpha value is -2.07. The van der Waals surface area contributed by atoms with Gasteiger partial charge in [0.25, 0.3) is 0 Å². The fraction of sp³-hybridized carbons (Fsp3) is 0.278. The van der Waals surface area contributed by atoms with Crippen molar-refractivity contribution >= 4 is 0 Å². The van der Waals surface area contributed by atoms with Gasteiger partial charge >= 0.3 is 0 Å². The van der Waals surface area contributed by atoms with Gasteiger partial charge in [0.1, 0.15) is 0 Å². The van der Waals surface area contributed by atoms with E-state index in [2.05, 4.69) is 50.2 Å². The van der Waals surface area contributed by atoms with Gasteiger partial charge in [0.2, 0.25) is 0 Å². The van der Waals surface area contributed by atoms with Crippen molar-refractivity contribution in [2.75, 3.05) is 0 Å². The van der Waals surface area contributed by atoms with Crippen molar-refractivity contribution in [1.82, 2.24) is 0 Å². The highest BCUT2D eigenvalue weighted by atomic mass is 14.2. The monoisotopic (exact) mass is 249 g/mol. The predicted octanol–water partition coefficient (Wildman–Crippen LogP) is 5.13. The van der Waals surface area contributed by atoms with Gasteiger partial charge in [-0.15, -0.1) is 0 Å². The summed E-state index contributed by atoms with van der Waals surface area (Å²) in [5, 5.41) is 9.09. The molecule has 0 spiro atoms. The van der Waals surface area contributed by atoms with Crippen molar-refractivity contribution in [3.05, 3.63) is 59.7 Å². The van der Waals surface area contributed by atoms with Crippen molar-refractivity contribution in [2.45, 2.75) is 32.6 Å². The van der Waals surface area contributed by atoms with Gasteiger partial charge < -0.3 is 0 Å². The number of hydrogen-bond acceptors (Lipinski definition) is 1. The lowest BCUT2D eigenvalue weighted by atomic mass is 9.88. The molecular formula is C18H19N. The number of rotatable bonds is 4. The van der Waals surface area contributed by atoms with Crippen LogP contribution in [0.4, 0.5) is 0 Å². The number of nitriles is 1. The number of nitrogens with zero attached hydrogens (tertiary/aromatic N) is 1. The van der Waals surface area contributed by atoms with Gasteiger partial charge in [0.05, 0.1) is 11.6 Å². The summed E-state index contributed by atoms with van der Waals surface area (Å²) in [6.45, 7) is 4.44. The van der Waals surface area contributed by atoms with Crippen LogP contribution < -0.4 is 0 Å². The van der Waals surface area contributed by atoms with E-state index in [4.69, 9.17) is 5.26 Å². The van der Waals surface area contributed by atoms with Crippen molar-refractivity contribution in [3.63, 3.8) is 0 Å². The maximum Gasteiger partial charge on any atom is 0.0991 e. The molecule has 0 radical (unpaired) electrons. The fourth-order valence-corrected chi connectivity index (χ4v) is 2.51. The summed E-state index contributed by atoms with van der Waals surface area (Å²) in [7, 11) is 0. The van der Waals surface area contributed by atoms with Crippen LogP contribution in [-0.4, -0.2) is 0 Å². The first kappa shape index (κ1) is 13.4. The first-order valence-corrected chi connectivity index (χ1v) is 6.85. The highest BCUT2D eigenvalue weighted by Crippen LogP contribution is 2.32. The zero-order valence-corrected chi connectivity index (χ0v) is 11.6. The lowest BCUT2D eigenvalue weighted by molar-refractivity contribution is 0.666. The van der Waals surface area contributed by atoms with E-state index in [1.807, 2.05) is 18.2 Å². The summed E-state index contributed by atoms with van der Waals surface area (Å²) in [6, 6.07) is 18.7. The SMILES string of the molecule is CCCC(C)c1cc(C#N)ccc1-c1ccccc1. The minimum atomic E-state index is 0.480. The van der Waals surface area contributed by atoms with Crippen molar-refractivity contribution < 1.29 is 0 Å². The standard InChI is InChI=1S/C18H19N/c1-3-7-14(2)18-12-15(13-19)10-11-17(18)16-8-5-4-6-9-16/h4-6,8-12,14H,3,7H2,1-2H3. The molecule has 0 fully saturated rings. The second-order valence-electron chi connectivity index (χ2n) is 4.97. The molecule has 0 saturated carbocycles. The van der Waals surface area contributed by atoms with Gasteiger partial charge in [-0.05, 0) is 41.2 Å². The summed E-state index contributed by atoms with van der Waals surface area (Å²) < 4.78 is 0. The highest BCUT2D eigenvalue weighted by molar-refractivity contribution is 5.69. The Morgan fingerprint density at radius 3 is 2.47 bits per heavy atom. The summed E-state index contributed by atoms with van der Waals surface area (Å²) >= 11 is 0. The van der Waals surface area contributed by atoms with Gasteiger partial charge in [-0.25, -0.2) is 0 Å². The Kier molecular flexibility index (Phi) is 4.36. The molecule has 2 rings (SSSR count).